The molecule has 2 unspecified atom stereocenters. The van der Waals surface area contributed by atoms with E-state index in [0.29, 0.717) is 0 Å². The first-order valence-electron chi connectivity index (χ1n) is 7.83. The number of hydrogen-bond acceptors (Lipinski definition) is 2. The van der Waals surface area contributed by atoms with Crippen LogP contribution < -0.4 is 10.2 Å². The molecule has 0 amide bonds. The van der Waals surface area contributed by atoms with Crippen LogP contribution in [0.4, 0.5) is 11.4 Å². The van der Waals surface area contributed by atoms with Gasteiger partial charge in [0, 0.05) is 31.0 Å². The van der Waals surface area contributed by atoms with Crippen molar-refractivity contribution in [1.82, 2.24) is 0 Å². The zero-order chi connectivity index (χ0) is 13.2. The Morgan fingerprint density at radius 2 is 2.11 bits per heavy atom. The number of anilines is 2. The average Bonchev–Trinajstić information content (AvgIpc) is 2.46. The van der Waals surface area contributed by atoms with Gasteiger partial charge in [-0.25, -0.2) is 0 Å². The van der Waals surface area contributed by atoms with Crippen molar-refractivity contribution in [2.75, 3.05) is 23.8 Å². The zero-order valence-corrected chi connectivity index (χ0v) is 12.3. The number of fused-ring (bicyclic) bond motifs is 1. The molecular weight excluding hydrogens is 232 g/mol. The molecule has 2 aliphatic rings. The van der Waals surface area contributed by atoms with Crippen LogP contribution in [0.25, 0.3) is 0 Å². The van der Waals surface area contributed by atoms with Crippen LogP contribution in [-0.4, -0.2) is 19.6 Å². The molecule has 1 N–H and O–H groups in total. The molecule has 0 radical (unpaired) electrons. The van der Waals surface area contributed by atoms with Gasteiger partial charge in [0.15, 0.2) is 0 Å². The van der Waals surface area contributed by atoms with Gasteiger partial charge in [-0.2, -0.15) is 0 Å². The van der Waals surface area contributed by atoms with E-state index in [0.717, 1.165) is 18.5 Å². The van der Waals surface area contributed by atoms with Crippen molar-refractivity contribution in [2.45, 2.75) is 51.5 Å². The molecule has 1 aliphatic heterocycles. The smallest absolute Gasteiger partial charge is 0.0393 e. The Morgan fingerprint density at radius 1 is 1.21 bits per heavy atom. The first-order valence-corrected chi connectivity index (χ1v) is 7.83. The maximum Gasteiger partial charge on any atom is 0.0393 e. The quantitative estimate of drug-likeness (QED) is 0.860. The molecule has 2 atom stereocenters. The molecule has 1 aromatic carbocycles. The Morgan fingerprint density at radius 3 is 2.95 bits per heavy atom. The molecule has 2 heteroatoms. The summed E-state index contributed by atoms with van der Waals surface area (Å²) in [6, 6.07) is 7.71. The third-order valence-electron chi connectivity index (χ3n) is 4.90. The SMILES string of the molecule is CC1CCCC(N(C)c2ccc3c(c2)NCCC3)C1. The number of aryl methyl sites for hydroxylation is 1. The zero-order valence-electron chi connectivity index (χ0n) is 12.3. The summed E-state index contributed by atoms with van der Waals surface area (Å²) in [6.45, 7) is 3.52. The molecule has 0 spiro atoms. The molecule has 2 nitrogen and oxygen atoms in total. The summed E-state index contributed by atoms with van der Waals surface area (Å²) in [4.78, 5) is 2.51. The largest absolute Gasteiger partial charge is 0.385 e. The van der Waals surface area contributed by atoms with Gasteiger partial charge in [0.05, 0.1) is 0 Å². The summed E-state index contributed by atoms with van der Waals surface area (Å²) >= 11 is 0. The fourth-order valence-electron chi connectivity index (χ4n) is 3.63. The Bertz CT molecular complexity index is 441. The maximum absolute atomic E-state index is 3.54. The monoisotopic (exact) mass is 258 g/mol. The number of benzene rings is 1. The number of rotatable bonds is 2. The molecule has 0 saturated heterocycles. The fourth-order valence-corrected chi connectivity index (χ4v) is 3.63. The lowest BCUT2D eigenvalue weighted by molar-refractivity contribution is 0.336. The predicted molar refractivity (Wildman–Crippen MR) is 83.1 cm³/mol. The van der Waals surface area contributed by atoms with Crippen LogP contribution in [0, 0.1) is 5.92 Å². The third-order valence-corrected chi connectivity index (χ3v) is 4.90. The number of hydrogen-bond donors (Lipinski definition) is 1. The molecule has 0 aromatic heterocycles. The number of nitrogens with one attached hydrogen (secondary N) is 1. The Kier molecular flexibility index (Phi) is 3.67. The van der Waals surface area contributed by atoms with E-state index in [1.807, 2.05) is 0 Å². The minimum Gasteiger partial charge on any atom is -0.385 e. The van der Waals surface area contributed by atoms with Gasteiger partial charge in [-0.05, 0) is 49.3 Å². The standard InChI is InChI=1S/C17H26N2/c1-13-5-3-7-15(11-13)19(2)16-9-8-14-6-4-10-18-17(14)12-16/h8-9,12-13,15,18H,3-7,10-11H2,1-2H3. The summed E-state index contributed by atoms with van der Waals surface area (Å²) < 4.78 is 0. The fraction of sp³-hybridized carbons (Fsp3) is 0.647. The number of nitrogens with zero attached hydrogens (tertiary/aromatic N) is 1. The van der Waals surface area contributed by atoms with Crippen LogP contribution in [0.5, 0.6) is 0 Å². The van der Waals surface area contributed by atoms with Crippen molar-refractivity contribution < 1.29 is 0 Å². The second kappa shape index (κ2) is 5.44. The molecular formula is C17H26N2. The predicted octanol–water partition coefficient (Wildman–Crippen LogP) is 4.06. The third kappa shape index (κ3) is 2.72. The van der Waals surface area contributed by atoms with Crippen LogP contribution in [0.1, 0.15) is 44.6 Å². The van der Waals surface area contributed by atoms with Crippen molar-refractivity contribution in [3.05, 3.63) is 23.8 Å². The summed E-state index contributed by atoms with van der Waals surface area (Å²) in [5.41, 5.74) is 4.23. The van der Waals surface area contributed by atoms with Crippen molar-refractivity contribution in [3.8, 4) is 0 Å². The molecule has 1 saturated carbocycles. The van der Waals surface area contributed by atoms with Gasteiger partial charge < -0.3 is 10.2 Å². The highest BCUT2D eigenvalue weighted by atomic mass is 15.1. The Labute approximate surface area is 117 Å². The minimum atomic E-state index is 0.727. The average molecular weight is 258 g/mol. The molecule has 3 rings (SSSR count). The van der Waals surface area contributed by atoms with Gasteiger partial charge in [0.25, 0.3) is 0 Å². The van der Waals surface area contributed by atoms with E-state index in [1.165, 1.54) is 55.5 Å². The Hall–Kier alpha value is -1.18. The van der Waals surface area contributed by atoms with Gasteiger partial charge in [-0.1, -0.05) is 25.8 Å². The van der Waals surface area contributed by atoms with Crippen LogP contribution in [0.3, 0.4) is 0 Å². The van der Waals surface area contributed by atoms with Crippen LogP contribution >= 0.6 is 0 Å². The highest BCUT2D eigenvalue weighted by Gasteiger charge is 2.23. The van der Waals surface area contributed by atoms with E-state index in [9.17, 15) is 0 Å². The lowest BCUT2D eigenvalue weighted by atomic mass is 9.86. The minimum absolute atomic E-state index is 0.727. The van der Waals surface area contributed by atoms with Gasteiger partial charge in [-0.3, -0.25) is 0 Å². The van der Waals surface area contributed by atoms with Gasteiger partial charge in [0.2, 0.25) is 0 Å². The van der Waals surface area contributed by atoms with Crippen LogP contribution in [-0.2, 0) is 6.42 Å². The lowest BCUT2D eigenvalue weighted by Gasteiger charge is -2.36. The lowest BCUT2D eigenvalue weighted by Crippen LogP contribution is -2.35. The van der Waals surface area contributed by atoms with E-state index in [4.69, 9.17) is 0 Å². The van der Waals surface area contributed by atoms with E-state index in [1.54, 1.807) is 0 Å². The van der Waals surface area contributed by atoms with E-state index in [-0.39, 0.29) is 0 Å². The molecule has 1 aliphatic carbocycles. The summed E-state index contributed by atoms with van der Waals surface area (Å²) in [5.74, 6) is 0.886. The second-order valence-corrected chi connectivity index (χ2v) is 6.41. The maximum atomic E-state index is 3.54. The van der Waals surface area contributed by atoms with Crippen LogP contribution in [0.15, 0.2) is 18.2 Å². The van der Waals surface area contributed by atoms with E-state index in [2.05, 4.69) is 42.4 Å². The van der Waals surface area contributed by atoms with Gasteiger partial charge in [0.1, 0.15) is 0 Å². The van der Waals surface area contributed by atoms with Crippen molar-refractivity contribution >= 4 is 11.4 Å². The summed E-state index contributed by atoms with van der Waals surface area (Å²) in [6.07, 6.45) is 8.00. The van der Waals surface area contributed by atoms with Crippen LogP contribution in [0.2, 0.25) is 0 Å². The van der Waals surface area contributed by atoms with Gasteiger partial charge in [-0.15, -0.1) is 0 Å². The summed E-state index contributed by atoms with van der Waals surface area (Å²) in [7, 11) is 2.27. The molecule has 1 fully saturated rings. The van der Waals surface area contributed by atoms with Crippen molar-refractivity contribution in [3.63, 3.8) is 0 Å². The highest BCUT2D eigenvalue weighted by Crippen LogP contribution is 2.32. The van der Waals surface area contributed by atoms with Crippen molar-refractivity contribution in [1.29, 1.82) is 0 Å². The van der Waals surface area contributed by atoms with Gasteiger partial charge >= 0.3 is 0 Å². The molecule has 1 aromatic rings. The first kappa shape index (κ1) is 12.8. The molecule has 1 heterocycles. The summed E-state index contributed by atoms with van der Waals surface area (Å²) in [5, 5.41) is 3.54. The molecule has 104 valence electrons. The second-order valence-electron chi connectivity index (χ2n) is 6.41. The van der Waals surface area contributed by atoms with E-state index >= 15 is 0 Å². The molecule has 19 heavy (non-hydrogen) atoms. The first-order chi connectivity index (χ1) is 9.24. The highest BCUT2D eigenvalue weighted by molar-refractivity contribution is 5.63. The molecule has 0 bridgehead atoms. The van der Waals surface area contributed by atoms with Crippen molar-refractivity contribution in [2.24, 2.45) is 5.92 Å². The Balaban J connectivity index is 1.77. The topological polar surface area (TPSA) is 15.3 Å². The van der Waals surface area contributed by atoms with E-state index < -0.39 is 0 Å². The normalized spacial score (nSPS) is 26.4.